The lowest BCUT2D eigenvalue weighted by Crippen LogP contribution is -2.42. The molecule has 1 saturated heterocycles. The van der Waals surface area contributed by atoms with Crippen molar-refractivity contribution in [1.82, 2.24) is 4.31 Å². The Kier molecular flexibility index (Phi) is 6.47. The number of hydrogen-bond acceptors (Lipinski definition) is 4. The van der Waals surface area contributed by atoms with Gasteiger partial charge in [-0.2, -0.15) is 4.31 Å². The molecule has 0 bridgehead atoms. The second-order valence-corrected chi connectivity index (χ2v) is 10.3. The number of rotatable bonds is 5. The van der Waals surface area contributed by atoms with E-state index >= 15 is 0 Å². The van der Waals surface area contributed by atoms with Crippen LogP contribution in [0.4, 0.5) is 5.69 Å². The smallest absolute Gasteiger partial charge is 0.255 e. The Hall–Kier alpha value is -1.83. The van der Waals surface area contributed by atoms with E-state index in [1.165, 1.54) is 12.1 Å². The molecule has 2 atom stereocenters. The third kappa shape index (κ3) is 4.77. The summed E-state index contributed by atoms with van der Waals surface area (Å²) < 4.78 is 27.4. The fourth-order valence-corrected chi connectivity index (χ4v) is 5.69. The van der Waals surface area contributed by atoms with Gasteiger partial charge < -0.3 is 5.32 Å². The summed E-state index contributed by atoms with van der Waals surface area (Å²) in [7, 11) is -3.54. The minimum absolute atomic E-state index is 0.231. The van der Waals surface area contributed by atoms with Gasteiger partial charge in [-0.25, -0.2) is 8.42 Å². The number of benzene rings is 2. The minimum Gasteiger partial charge on any atom is -0.322 e. The highest BCUT2D eigenvalue weighted by molar-refractivity contribution is 7.98. The zero-order chi connectivity index (χ0) is 20.3. The summed E-state index contributed by atoms with van der Waals surface area (Å²) in [6.45, 7) is 5.25. The molecule has 0 aliphatic carbocycles. The molecule has 2 unspecified atom stereocenters. The highest BCUT2D eigenvalue weighted by Gasteiger charge is 2.31. The van der Waals surface area contributed by atoms with Crippen LogP contribution < -0.4 is 5.32 Å². The van der Waals surface area contributed by atoms with E-state index in [1.54, 1.807) is 28.2 Å². The number of nitrogens with zero attached hydrogens (tertiary/aromatic N) is 1. The highest BCUT2D eigenvalue weighted by atomic mass is 32.2. The van der Waals surface area contributed by atoms with Gasteiger partial charge in [0.25, 0.3) is 5.91 Å². The van der Waals surface area contributed by atoms with Gasteiger partial charge in [0, 0.05) is 29.2 Å². The third-order valence-corrected chi connectivity index (χ3v) is 7.53. The van der Waals surface area contributed by atoms with E-state index < -0.39 is 10.0 Å². The molecule has 3 rings (SSSR count). The van der Waals surface area contributed by atoms with Gasteiger partial charge >= 0.3 is 0 Å². The van der Waals surface area contributed by atoms with Crippen LogP contribution in [0.2, 0.25) is 0 Å². The van der Waals surface area contributed by atoms with Gasteiger partial charge in [0.15, 0.2) is 0 Å². The second kappa shape index (κ2) is 8.68. The van der Waals surface area contributed by atoms with Crippen molar-refractivity contribution >= 4 is 33.4 Å². The van der Waals surface area contributed by atoms with Gasteiger partial charge in [-0.3, -0.25) is 4.79 Å². The van der Waals surface area contributed by atoms with Crippen molar-refractivity contribution in [3.8, 4) is 0 Å². The predicted octanol–water partition coefficient (Wildman–Crippen LogP) is 4.33. The zero-order valence-corrected chi connectivity index (χ0v) is 18.0. The van der Waals surface area contributed by atoms with Crippen LogP contribution in [0.5, 0.6) is 0 Å². The summed E-state index contributed by atoms with van der Waals surface area (Å²) in [5.41, 5.74) is 1.13. The number of anilines is 1. The maximum atomic E-state index is 12.9. The summed E-state index contributed by atoms with van der Waals surface area (Å²) in [6.07, 6.45) is 3.04. The minimum atomic E-state index is -3.54. The molecule has 1 aliphatic rings. The molecule has 1 N–H and O–H groups in total. The number of nitrogens with one attached hydrogen (secondary N) is 1. The first-order chi connectivity index (χ1) is 13.3. The van der Waals surface area contributed by atoms with E-state index in [-0.39, 0.29) is 10.8 Å². The van der Waals surface area contributed by atoms with Gasteiger partial charge in [0.1, 0.15) is 0 Å². The molecule has 0 spiro atoms. The zero-order valence-electron chi connectivity index (χ0n) is 16.4. The van der Waals surface area contributed by atoms with E-state index in [2.05, 4.69) is 19.2 Å². The molecule has 2 aromatic rings. The van der Waals surface area contributed by atoms with E-state index in [4.69, 9.17) is 0 Å². The second-order valence-electron chi connectivity index (χ2n) is 7.48. The first kappa shape index (κ1) is 20.9. The number of hydrogen-bond donors (Lipinski definition) is 1. The standard InChI is InChI=1S/C21H26N2O3S2/c1-15-12-16(2)14-23(13-15)28(25,26)20-10-4-17(5-11-20)21(24)22-18-6-8-19(27-3)9-7-18/h4-11,15-16H,12-14H2,1-3H3,(H,22,24). The molecular weight excluding hydrogens is 392 g/mol. The number of carbonyl (C=O) groups excluding carboxylic acids is 1. The lowest BCUT2D eigenvalue weighted by molar-refractivity contribution is 0.102. The maximum absolute atomic E-state index is 12.9. The van der Waals surface area contributed by atoms with Crippen LogP contribution in [-0.2, 0) is 10.0 Å². The van der Waals surface area contributed by atoms with Crippen molar-refractivity contribution in [2.45, 2.75) is 30.1 Å². The van der Waals surface area contributed by atoms with Crippen molar-refractivity contribution in [3.63, 3.8) is 0 Å². The fraction of sp³-hybridized carbons (Fsp3) is 0.381. The van der Waals surface area contributed by atoms with Crippen LogP contribution >= 0.6 is 11.8 Å². The van der Waals surface area contributed by atoms with Crippen molar-refractivity contribution in [1.29, 1.82) is 0 Å². The molecule has 0 aromatic heterocycles. The number of carbonyl (C=O) groups is 1. The number of thioether (sulfide) groups is 1. The number of sulfonamides is 1. The highest BCUT2D eigenvalue weighted by Crippen LogP contribution is 2.27. The molecule has 0 saturated carbocycles. The van der Waals surface area contributed by atoms with Crippen LogP contribution in [0.1, 0.15) is 30.6 Å². The molecule has 1 fully saturated rings. The van der Waals surface area contributed by atoms with Gasteiger partial charge in [-0.1, -0.05) is 13.8 Å². The van der Waals surface area contributed by atoms with Crippen molar-refractivity contribution in [2.24, 2.45) is 11.8 Å². The SMILES string of the molecule is CSc1ccc(NC(=O)c2ccc(S(=O)(=O)N3CC(C)CC(C)C3)cc2)cc1. The maximum Gasteiger partial charge on any atom is 0.255 e. The topological polar surface area (TPSA) is 66.5 Å². The van der Waals surface area contributed by atoms with Crippen molar-refractivity contribution in [2.75, 3.05) is 24.7 Å². The summed E-state index contributed by atoms with van der Waals surface area (Å²) in [5.74, 6) is 0.434. The predicted molar refractivity (Wildman–Crippen MR) is 114 cm³/mol. The monoisotopic (exact) mass is 418 g/mol. The van der Waals surface area contributed by atoms with Crippen LogP contribution in [0.3, 0.4) is 0 Å². The van der Waals surface area contributed by atoms with Crippen LogP contribution in [0.25, 0.3) is 0 Å². The van der Waals surface area contributed by atoms with Crippen molar-refractivity contribution < 1.29 is 13.2 Å². The summed E-state index contributed by atoms with van der Waals surface area (Å²) >= 11 is 1.63. The average Bonchev–Trinajstić information content (AvgIpc) is 2.68. The molecule has 2 aromatic carbocycles. The number of piperidine rings is 1. The Morgan fingerprint density at radius 3 is 2.11 bits per heavy atom. The first-order valence-corrected chi connectivity index (χ1v) is 12.0. The first-order valence-electron chi connectivity index (χ1n) is 9.35. The van der Waals surface area contributed by atoms with E-state index in [1.807, 2.05) is 30.5 Å². The van der Waals surface area contributed by atoms with Crippen LogP contribution in [0.15, 0.2) is 58.3 Å². The Labute approximate surface area is 171 Å². The number of amides is 1. The molecule has 0 radical (unpaired) electrons. The molecule has 1 amide bonds. The Balaban J connectivity index is 1.72. The van der Waals surface area contributed by atoms with Crippen LogP contribution in [0, 0.1) is 11.8 Å². The molecule has 1 heterocycles. The molecule has 1 aliphatic heterocycles. The van der Waals surface area contributed by atoms with Crippen molar-refractivity contribution in [3.05, 3.63) is 54.1 Å². The lowest BCUT2D eigenvalue weighted by atomic mass is 9.94. The van der Waals surface area contributed by atoms with E-state index in [9.17, 15) is 13.2 Å². The molecular formula is C21H26N2O3S2. The van der Waals surface area contributed by atoms with Gasteiger partial charge in [-0.15, -0.1) is 11.8 Å². The van der Waals surface area contributed by atoms with Gasteiger partial charge in [0.05, 0.1) is 4.90 Å². The van der Waals surface area contributed by atoms with Crippen LogP contribution in [-0.4, -0.2) is 38.0 Å². The lowest BCUT2D eigenvalue weighted by Gasteiger charge is -2.34. The fourth-order valence-electron chi connectivity index (χ4n) is 3.61. The normalized spacial score (nSPS) is 20.7. The molecule has 150 valence electrons. The Morgan fingerprint density at radius 2 is 1.57 bits per heavy atom. The van der Waals surface area contributed by atoms with Gasteiger partial charge in [-0.05, 0) is 73.0 Å². The largest absolute Gasteiger partial charge is 0.322 e. The Morgan fingerprint density at radius 1 is 1.00 bits per heavy atom. The van der Waals surface area contributed by atoms with E-state index in [0.29, 0.717) is 36.2 Å². The Bertz CT molecular complexity index is 915. The molecule has 7 heteroatoms. The molecule has 28 heavy (non-hydrogen) atoms. The van der Waals surface area contributed by atoms with Gasteiger partial charge in [0.2, 0.25) is 10.0 Å². The summed E-state index contributed by atoms with van der Waals surface area (Å²) in [4.78, 5) is 13.8. The summed E-state index contributed by atoms with van der Waals surface area (Å²) in [5, 5.41) is 2.83. The average molecular weight is 419 g/mol. The third-order valence-electron chi connectivity index (χ3n) is 4.94. The molecule has 5 nitrogen and oxygen atoms in total. The summed E-state index contributed by atoms with van der Waals surface area (Å²) in [6, 6.07) is 13.7. The quantitative estimate of drug-likeness (QED) is 0.734. The van der Waals surface area contributed by atoms with E-state index in [0.717, 1.165) is 11.3 Å².